The zero-order chi connectivity index (χ0) is 13.1. The fraction of sp³-hybridized carbons (Fsp3) is 0.500. The Labute approximate surface area is 126 Å². The largest absolute Gasteiger partial charge is 0.381 e. The van der Waals surface area contributed by atoms with Crippen LogP contribution in [-0.2, 0) is 11.3 Å². The van der Waals surface area contributed by atoms with Crippen LogP contribution in [0.25, 0.3) is 0 Å². The molecule has 0 aliphatic carbocycles. The highest BCUT2D eigenvalue weighted by molar-refractivity contribution is 9.10. The van der Waals surface area contributed by atoms with E-state index in [1.54, 1.807) is 0 Å². The molecule has 2 aliphatic heterocycles. The van der Waals surface area contributed by atoms with E-state index in [0.29, 0.717) is 0 Å². The second-order valence-electron chi connectivity index (χ2n) is 5.05. The molecule has 0 bridgehead atoms. The lowest BCUT2D eigenvalue weighted by Gasteiger charge is -2.32. The van der Waals surface area contributed by atoms with Crippen molar-refractivity contribution in [1.29, 1.82) is 0 Å². The molecule has 2 fully saturated rings. The highest BCUT2D eigenvalue weighted by Crippen LogP contribution is 2.31. The first-order chi connectivity index (χ1) is 9.26. The summed E-state index contributed by atoms with van der Waals surface area (Å²) in [7, 11) is 0. The standard InChI is InChI=1S/C14H17BrN2OS/c15-12-3-1-11(2-4-12)9-16-13-17-14(10-19-13)5-7-18-8-6-14/h1-4H,5-10H2,(H,16,17). The Morgan fingerprint density at radius 2 is 2.00 bits per heavy atom. The Morgan fingerprint density at radius 3 is 2.74 bits per heavy atom. The Balaban J connectivity index is 1.61. The summed E-state index contributed by atoms with van der Waals surface area (Å²) in [6.45, 7) is 2.48. The normalized spacial score (nSPS) is 23.7. The molecule has 5 heteroatoms. The van der Waals surface area contributed by atoms with E-state index in [-0.39, 0.29) is 5.54 Å². The number of hydrogen-bond donors (Lipinski definition) is 1. The molecule has 1 aromatic carbocycles. The van der Waals surface area contributed by atoms with Crippen LogP contribution in [0.4, 0.5) is 0 Å². The summed E-state index contributed by atoms with van der Waals surface area (Å²) in [4.78, 5) is 4.69. The van der Waals surface area contributed by atoms with Gasteiger partial charge in [-0.3, -0.25) is 4.99 Å². The van der Waals surface area contributed by atoms with Gasteiger partial charge in [0, 0.05) is 23.4 Å². The highest BCUT2D eigenvalue weighted by Gasteiger charge is 2.38. The number of ether oxygens (including phenoxy) is 1. The predicted molar refractivity (Wildman–Crippen MR) is 83.7 cm³/mol. The molecule has 1 N–H and O–H groups in total. The SMILES string of the molecule is Brc1ccc(CN=C2NC3(CCOCC3)CS2)cc1. The van der Waals surface area contributed by atoms with Gasteiger partial charge in [-0.1, -0.05) is 39.8 Å². The zero-order valence-corrected chi connectivity index (χ0v) is 13.1. The van der Waals surface area contributed by atoms with Gasteiger partial charge in [-0.05, 0) is 30.5 Å². The first-order valence-electron chi connectivity index (χ1n) is 6.53. The van der Waals surface area contributed by atoms with Gasteiger partial charge in [-0.25, -0.2) is 0 Å². The minimum Gasteiger partial charge on any atom is -0.381 e. The van der Waals surface area contributed by atoms with Crippen molar-refractivity contribution in [3.05, 3.63) is 34.3 Å². The number of hydrogen-bond acceptors (Lipinski definition) is 3. The smallest absolute Gasteiger partial charge is 0.157 e. The van der Waals surface area contributed by atoms with Crippen molar-refractivity contribution in [3.63, 3.8) is 0 Å². The molecule has 1 aromatic rings. The second kappa shape index (κ2) is 5.85. The number of nitrogens with zero attached hydrogens (tertiary/aromatic N) is 1. The fourth-order valence-corrected chi connectivity index (χ4v) is 3.86. The molecule has 3 rings (SSSR count). The van der Waals surface area contributed by atoms with Crippen LogP contribution in [0.1, 0.15) is 18.4 Å². The maximum Gasteiger partial charge on any atom is 0.157 e. The third-order valence-corrected chi connectivity index (χ3v) is 5.36. The molecule has 0 atom stereocenters. The minimum atomic E-state index is 0.238. The van der Waals surface area contributed by atoms with Gasteiger partial charge in [0.25, 0.3) is 0 Å². The van der Waals surface area contributed by atoms with Gasteiger partial charge in [0.2, 0.25) is 0 Å². The van der Waals surface area contributed by atoms with Crippen molar-refractivity contribution < 1.29 is 4.74 Å². The molecule has 1 spiro atoms. The average Bonchev–Trinajstić information content (AvgIpc) is 2.82. The molecular formula is C14H17BrN2OS. The van der Waals surface area contributed by atoms with Crippen molar-refractivity contribution in [2.24, 2.45) is 4.99 Å². The lowest BCUT2D eigenvalue weighted by molar-refractivity contribution is 0.0555. The van der Waals surface area contributed by atoms with Crippen LogP contribution >= 0.6 is 27.7 Å². The fourth-order valence-electron chi connectivity index (χ4n) is 2.38. The van der Waals surface area contributed by atoms with Crippen molar-refractivity contribution in [1.82, 2.24) is 5.32 Å². The number of thioether (sulfide) groups is 1. The third-order valence-electron chi connectivity index (χ3n) is 3.63. The molecule has 2 aliphatic rings. The van der Waals surface area contributed by atoms with E-state index in [2.05, 4.69) is 50.5 Å². The van der Waals surface area contributed by atoms with Gasteiger partial charge in [0.1, 0.15) is 0 Å². The van der Waals surface area contributed by atoms with Crippen LogP contribution in [0, 0.1) is 0 Å². The summed E-state index contributed by atoms with van der Waals surface area (Å²) in [5.41, 5.74) is 1.48. The van der Waals surface area contributed by atoms with Gasteiger partial charge in [0.15, 0.2) is 5.17 Å². The Hall–Kier alpha value is -0.520. The molecule has 0 unspecified atom stereocenters. The van der Waals surface area contributed by atoms with E-state index in [1.165, 1.54) is 5.56 Å². The molecule has 2 saturated heterocycles. The molecule has 0 aromatic heterocycles. The molecule has 0 saturated carbocycles. The molecule has 3 nitrogen and oxygen atoms in total. The number of aliphatic imine (C=N–C) groups is 1. The van der Waals surface area contributed by atoms with Gasteiger partial charge in [-0.2, -0.15) is 0 Å². The van der Waals surface area contributed by atoms with Crippen molar-refractivity contribution in [2.45, 2.75) is 24.9 Å². The van der Waals surface area contributed by atoms with Crippen molar-refractivity contribution >= 4 is 32.9 Å². The van der Waals surface area contributed by atoms with Crippen LogP contribution in [0.2, 0.25) is 0 Å². The number of benzene rings is 1. The van der Waals surface area contributed by atoms with Crippen LogP contribution in [0.5, 0.6) is 0 Å². The van der Waals surface area contributed by atoms with Crippen LogP contribution in [0.3, 0.4) is 0 Å². The maximum atomic E-state index is 5.44. The topological polar surface area (TPSA) is 33.6 Å². The van der Waals surface area contributed by atoms with Crippen molar-refractivity contribution in [3.8, 4) is 0 Å². The van der Waals surface area contributed by atoms with E-state index >= 15 is 0 Å². The van der Waals surface area contributed by atoms with Gasteiger partial charge >= 0.3 is 0 Å². The molecule has 19 heavy (non-hydrogen) atoms. The maximum absolute atomic E-state index is 5.44. The minimum absolute atomic E-state index is 0.238. The second-order valence-corrected chi connectivity index (χ2v) is 6.93. The Bertz CT molecular complexity index is 469. The van der Waals surface area contributed by atoms with E-state index in [1.807, 2.05) is 11.8 Å². The number of nitrogens with one attached hydrogen (secondary N) is 1. The summed E-state index contributed by atoms with van der Waals surface area (Å²) < 4.78 is 6.55. The van der Waals surface area contributed by atoms with Gasteiger partial charge in [0.05, 0.1) is 12.1 Å². The van der Waals surface area contributed by atoms with Crippen molar-refractivity contribution in [2.75, 3.05) is 19.0 Å². The van der Waals surface area contributed by atoms with E-state index in [9.17, 15) is 0 Å². The molecule has 0 radical (unpaired) electrons. The van der Waals surface area contributed by atoms with Crippen LogP contribution in [0.15, 0.2) is 33.7 Å². The third kappa shape index (κ3) is 3.33. The lowest BCUT2D eigenvalue weighted by Crippen LogP contribution is -2.48. The first kappa shape index (κ1) is 13.5. The Kier molecular flexibility index (Phi) is 4.15. The molecule has 2 heterocycles. The summed E-state index contributed by atoms with van der Waals surface area (Å²) in [6, 6.07) is 8.34. The molecule has 102 valence electrons. The number of halogens is 1. The predicted octanol–water partition coefficient (Wildman–Crippen LogP) is 3.19. The first-order valence-corrected chi connectivity index (χ1v) is 8.31. The monoisotopic (exact) mass is 340 g/mol. The lowest BCUT2D eigenvalue weighted by atomic mass is 9.93. The Morgan fingerprint density at radius 1 is 1.26 bits per heavy atom. The summed E-state index contributed by atoms with van der Waals surface area (Å²) >= 11 is 5.29. The highest BCUT2D eigenvalue weighted by atomic mass is 79.9. The summed E-state index contributed by atoms with van der Waals surface area (Å²) in [5.74, 6) is 1.12. The van der Waals surface area contributed by atoms with E-state index < -0.39 is 0 Å². The zero-order valence-electron chi connectivity index (χ0n) is 10.7. The quantitative estimate of drug-likeness (QED) is 0.897. The molecule has 0 amide bonds. The number of amidine groups is 1. The van der Waals surface area contributed by atoms with Crippen LogP contribution in [-0.4, -0.2) is 29.7 Å². The van der Waals surface area contributed by atoms with E-state index in [0.717, 1.165) is 48.0 Å². The summed E-state index contributed by atoms with van der Waals surface area (Å²) in [6.07, 6.45) is 2.19. The van der Waals surface area contributed by atoms with Gasteiger partial charge < -0.3 is 10.1 Å². The molecular weight excluding hydrogens is 324 g/mol. The van der Waals surface area contributed by atoms with Gasteiger partial charge in [-0.15, -0.1) is 0 Å². The average molecular weight is 341 g/mol. The van der Waals surface area contributed by atoms with Crippen LogP contribution < -0.4 is 5.32 Å². The van der Waals surface area contributed by atoms with E-state index in [4.69, 9.17) is 4.74 Å². The summed E-state index contributed by atoms with van der Waals surface area (Å²) in [5, 5.41) is 4.70. The number of rotatable bonds is 2.